The largest absolute Gasteiger partial charge is 0.346 e. The van der Waals surface area contributed by atoms with E-state index in [-0.39, 0.29) is 17.8 Å². The first kappa shape index (κ1) is 14.3. The molecule has 0 spiro atoms. The molecule has 0 radical (unpaired) electrons. The topological polar surface area (TPSA) is 29.1 Å². The molecule has 0 aliphatic heterocycles. The Hall–Kier alpha value is -2.16. The molecule has 0 fully saturated rings. The number of amides is 1. The molecular formula is C17H18FNO. The molecule has 104 valence electrons. The first-order valence-electron chi connectivity index (χ1n) is 6.61. The second-order valence-corrected chi connectivity index (χ2v) is 5.07. The van der Waals surface area contributed by atoms with Crippen LogP contribution in [0.3, 0.4) is 0 Å². The van der Waals surface area contributed by atoms with Gasteiger partial charge in [-0.3, -0.25) is 4.79 Å². The number of carbonyl (C=O) groups excluding carboxylic acids is 1. The lowest BCUT2D eigenvalue weighted by Gasteiger charge is -2.15. The van der Waals surface area contributed by atoms with Crippen LogP contribution in [0, 0.1) is 19.7 Å². The Balaban J connectivity index is 2.10. The summed E-state index contributed by atoms with van der Waals surface area (Å²) in [5.41, 5.74) is 3.17. The molecule has 2 aromatic carbocycles. The highest BCUT2D eigenvalue weighted by Crippen LogP contribution is 2.15. The SMILES string of the molecule is Cc1ccc(C(C)NC(=O)c2ccc(F)c(C)c2)cc1. The fraction of sp³-hybridized carbons (Fsp3) is 0.235. The third kappa shape index (κ3) is 3.23. The van der Waals surface area contributed by atoms with Crippen molar-refractivity contribution in [2.45, 2.75) is 26.8 Å². The van der Waals surface area contributed by atoms with Crippen LogP contribution in [0.4, 0.5) is 4.39 Å². The molecule has 2 aromatic rings. The van der Waals surface area contributed by atoms with Gasteiger partial charge in [-0.1, -0.05) is 29.8 Å². The second-order valence-electron chi connectivity index (χ2n) is 5.07. The number of nitrogens with one attached hydrogen (secondary N) is 1. The molecule has 2 nitrogen and oxygen atoms in total. The van der Waals surface area contributed by atoms with Gasteiger partial charge in [0.1, 0.15) is 5.82 Å². The van der Waals surface area contributed by atoms with Gasteiger partial charge in [-0.2, -0.15) is 0 Å². The number of hydrogen-bond donors (Lipinski definition) is 1. The zero-order valence-electron chi connectivity index (χ0n) is 11.9. The van der Waals surface area contributed by atoms with Gasteiger partial charge in [0.2, 0.25) is 0 Å². The Labute approximate surface area is 118 Å². The Bertz CT molecular complexity index is 619. The van der Waals surface area contributed by atoms with E-state index in [1.165, 1.54) is 17.7 Å². The molecule has 1 unspecified atom stereocenters. The maximum atomic E-state index is 13.2. The van der Waals surface area contributed by atoms with Crippen molar-refractivity contribution in [1.82, 2.24) is 5.32 Å². The first-order chi connectivity index (χ1) is 9.47. The van der Waals surface area contributed by atoms with Crippen molar-refractivity contribution in [3.05, 3.63) is 70.5 Å². The van der Waals surface area contributed by atoms with E-state index in [2.05, 4.69) is 5.32 Å². The summed E-state index contributed by atoms with van der Waals surface area (Å²) in [5.74, 6) is -0.491. The lowest BCUT2D eigenvalue weighted by atomic mass is 10.1. The Morgan fingerprint density at radius 2 is 1.75 bits per heavy atom. The number of rotatable bonds is 3. The zero-order valence-corrected chi connectivity index (χ0v) is 11.9. The summed E-state index contributed by atoms with van der Waals surface area (Å²) < 4.78 is 13.2. The molecule has 0 aliphatic carbocycles. The van der Waals surface area contributed by atoms with Crippen LogP contribution in [0.15, 0.2) is 42.5 Å². The molecule has 20 heavy (non-hydrogen) atoms. The highest BCUT2D eigenvalue weighted by Gasteiger charge is 2.12. The van der Waals surface area contributed by atoms with Crippen LogP contribution in [-0.4, -0.2) is 5.91 Å². The number of aryl methyl sites for hydroxylation is 2. The van der Waals surface area contributed by atoms with Crippen molar-refractivity contribution >= 4 is 5.91 Å². The van der Waals surface area contributed by atoms with E-state index in [1.54, 1.807) is 13.0 Å². The van der Waals surface area contributed by atoms with Crippen LogP contribution in [0.5, 0.6) is 0 Å². The monoisotopic (exact) mass is 271 g/mol. The molecule has 0 aromatic heterocycles. The molecule has 1 amide bonds. The Morgan fingerprint density at radius 3 is 2.35 bits per heavy atom. The molecule has 0 heterocycles. The Morgan fingerprint density at radius 1 is 1.10 bits per heavy atom. The van der Waals surface area contributed by atoms with E-state index < -0.39 is 0 Å². The number of benzene rings is 2. The van der Waals surface area contributed by atoms with Crippen molar-refractivity contribution in [2.75, 3.05) is 0 Å². The first-order valence-corrected chi connectivity index (χ1v) is 6.61. The summed E-state index contributed by atoms with van der Waals surface area (Å²) >= 11 is 0. The average molecular weight is 271 g/mol. The summed E-state index contributed by atoms with van der Waals surface area (Å²) in [6.45, 7) is 5.60. The molecule has 1 atom stereocenters. The smallest absolute Gasteiger partial charge is 0.251 e. The van der Waals surface area contributed by atoms with Crippen LogP contribution >= 0.6 is 0 Å². The predicted molar refractivity (Wildman–Crippen MR) is 78.2 cm³/mol. The summed E-state index contributed by atoms with van der Waals surface area (Å²) in [4.78, 5) is 12.1. The van der Waals surface area contributed by atoms with E-state index in [4.69, 9.17) is 0 Å². The normalized spacial score (nSPS) is 12.0. The minimum Gasteiger partial charge on any atom is -0.346 e. The fourth-order valence-electron chi connectivity index (χ4n) is 2.00. The number of carbonyl (C=O) groups is 1. The number of hydrogen-bond acceptors (Lipinski definition) is 1. The van der Waals surface area contributed by atoms with Gasteiger partial charge in [-0.25, -0.2) is 4.39 Å². The number of halogens is 1. The highest BCUT2D eigenvalue weighted by molar-refractivity contribution is 5.94. The summed E-state index contributed by atoms with van der Waals surface area (Å²) in [7, 11) is 0. The summed E-state index contributed by atoms with van der Waals surface area (Å²) in [5, 5.41) is 2.92. The standard InChI is InChI=1S/C17H18FNO/c1-11-4-6-14(7-5-11)13(3)19-17(20)15-8-9-16(18)12(2)10-15/h4-10,13H,1-3H3,(H,19,20). The third-order valence-electron chi connectivity index (χ3n) is 3.35. The van der Waals surface area contributed by atoms with Crippen molar-refractivity contribution < 1.29 is 9.18 Å². The Kier molecular flexibility index (Phi) is 4.18. The van der Waals surface area contributed by atoms with Gasteiger partial charge in [0.15, 0.2) is 0 Å². The molecule has 0 saturated carbocycles. The van der Waals surface area contributed by atoms with Gasteiger partial charge in [-0.05, 0) is 50.1 Å². The van der Waals surface area contributed by atoms with Gasteiger partial charge < -0.3 is 5.32 Å². The lowest BCUT2D eigenvalue weighted by Crippen LogP contribution is -2.26. The van der Waals surface area contributed by atoms with Crippen LogP contribution in [0.2, 0.25) is 0 Å². The van der Waals surface area contributed by atoms with E-state index >= 15 is 0 Å². The lowest BCUT2D eigenvalue weighted by molar-refractivity contribution is 0.0939. The minimum atomic E-state index is -0.298. The average Bonchev–Trinajstić information content (AvgIpc) is 2.42. The van der Waals surface area contributed by atoms with Crippen molar-refractivity contribution in [2.24, 2.45) is 0 Å². The third-order valence-corrected chi connectivity index (χ3v) is 3.35. The zero-order chi connectivity index (χ0) is 14.7. The molecule has 1 N–H and O–H groups in total. The van der Waals surface area contributed by atoms with Crippen molar-refractivity contribution in [3.8, 4) is 0 Å². The molecule has 0 saturated heterocycles. The molecule has 0 aliphatic rings. The van der Waals surface area contributed by atoms with E-state index in [1.807, 2.05) is 38.1 Å². The van der Waals surface area contributed by atoms with Gasteiger partial charge in [0.25, 0.3) is 5.91 Å². The maximum Gasteiger partial charge on any atom is 0.251 e. The molecule has 2 rings (SSSR count). The van der Waals surface area contributed by atoms with Gasteiger partial charge >= 0.3 is 0 Å². The summed E-state index contributed by atoms with van der Waals surface area (Å²) in [6, 6.07) is 12.3. The molecular weight excluding hydrogens is 253 g/mol. The van der Waals surface area contributed by atoms with E-state index in [0.29, 0.717) is 11.1 Å². The predicted octanol–water partition coefficient (Wildman–Crippen LogP) is 3.93. The van der Waals surface area contributed by atoms with Gasteiger partial charge in [0, 0.05) is 5.56 Å². The maximum absolute atomic E-state index is 13.2. The van der Waals surface area contributed by atoms with E-state index in [9.17, 15) is 9.18 Å². The van der Waals surface area contributed by atoms with Gasteiger partial charge in [0.05, 0.1) is 6.04 Å². The fourth-order valence-corrected chi connectivity index (χ4v) is 2.00. The van der Waals surface area contributed by atoms with Crippen molar-refractivity contribution in [1.29, 1.82) is 0 Å². The highest BCUT2D eigenvalue weighted by atomic mass is 19.1. The van der Waals surface area contributed by atoms with Crippen LogP contribution in [0.25, 0.3) is 0 Å². The summed E-state index contributed by atoms with van der Waals surface area (Å²) in [6.07, 6.45) is 0. The quantitative estimate of drug-likeness (QED) is 0.900. The van der Waals surface area contributed by atoms with Crippen LogP contribution < -0.4 is 5.32 Å². The molecule has 0 bridgehead atoms. The van der Waals surface area contributed by atoms with E-state index in [0.717, 1.165) is 5.56 Å². The second kappa shape index (κ2) is 5.87. The van der Waals surface area contributed by atoms with Gasteiger partial charge in [-0.15, -0.1) is 0 Å². The molecule has 3 heteroatoms. The van der Waals surface area contributed by atoms with Crippen LogP contribution in [-0.2, 0) is 0 Å². The van der Waals surface area contributed by atoms with Crippen molar-refractivity contribution in [3.63, 3.8) is 0 Å². The van der Waals surface area contributed by atoms with Crippen LogP contribution in [0.1, 0.15) is 40.0 Å². The minimum absolute atomic E-state index is 0.0894.